The molecule has 0 atom stereocenters. The highest BCUT2D eigenvalue weighted by Gasteiger charge is 2.41. The number of hydrogen-bond donors (Lipinski definition) is 1. The summed E-state index contributed by atoms with van der Waals surface area (Å²) in [5.74, 6) is -0.479. The highest BCUT2D eigenvalue weighted by molar-refractivity contribution is 7.97. The van der Waals surface area contributed by atoms with Gasteiger partial charge in [0, 0.05) is 11.9 Å². The fourth-order valence-electron chi connectivity index (χ4n) is 2.89. The Labute approximate surface area is 161 Å². The molecule has 2 aromatic carbocycles. The normalized spacial score (nSPS) is 17.0. The lowest BCUT2D eigenvalue weighted by molar-refractivity contribution is 0.104. The number of anilines is 2. The maximum atomic E-state index is 13.2. The van der Waals surface area contributed by atoms with Crippen LogP contribution in [0.15, 0.2) is 83.2 Å². The van der Waals surface area contributed by atoms with Gasteiger partial charge in [-0.2, -0.15) is 0 Å². The van der Waals surface area contributed by atoms with E-state index in [1.165, 1.54) is 21.8 Å². The molecule has 0 fully saturated rings. The van der Waals surface area contributed by atoms with Crippen molar-refractivity contribution in [3.8, 4) is 0 Å². The molecule has 0 saturated carbocycles. The quantitative estimate of drug-likeness (QED) is 0.670. The van der Waals surface area contributed by atoms with Gasteiger partial charge in [0.15, 0.2) is 4.91 Å². The number of fused-ring (bicyclic) bond motifs is 1. The average molecular weight is 396 g/mol. The molecule has 7 heteroatoms. The summed E-state index contributed by atoms with van der Waals surface area (Å²) in [5, 5.41) is 4.66. The molecular weight excluding hydrogens is 380 g/mol. The zero-order chi connectivity index (χ0) is 18.9. The van der Waals surface area contributed by atoms with E-state index in [4.69, 9.17) is 0 Å². The van der Waals surface area contributed by atoms with Crippen molar-refractivity contribution in [1.82, 2.24) is 0 Å². The number of rotatable bonds is 4. The minimum Gasteiger partial charge on any atom is -0.360 e. The van der Waals surface area contributed by atoms with Crippen molar-refractivity contribution < 1.29 is 13.2 Å². The molecule has 1 aliphatic rings. The number of benzene rings is 2. The van der Waals surface area contributed by atoms with E-state index in [1.807, 2.05) is 48.5 Å². The number of allylic oxidation sites excluding steroid dienone is 1. The second-order valence-electron chi connectivity index (χ2n) is 5.98. The Morgan fingerprint density at radius 2 is 1.63 bits per heavy atom. The van der Waals surface area contributed by atoms with E-state index in [0.717, 1.165) is 5.56 Å². The van der Waals surface area contributed by atoms with Crippen LogP contribution < -0.4 is 9.62 Å². The molecule has 0 saturated heterocycles. The molecule has 0 spiro atoms. The van der Waals surface area contributed by atoms with Gasteiger partial charge in [0.1, 0.15) is 4.88 Å². The number of Topliss-reactive ketones (excluding diaryl/α,β-unsaturated/α-hetero) is 1. The van der Waals surface area contributed by atoms with Gasteiger partial charge in [-0.25, -0.2) is 8.42 Å². The molecule has 0 aliphatic carbocycles. The van der Waals surface area contributed by atoms with Crippen LogP contribution in [0, 0.1) is 0 Å². The molecule has 1 N–H and O–H groups in total. The van der Waals surface area contributed by atoms with Crippen molar-refractivity contribution >= 4 is 38.5 Å². The highest BCUT2D eigenvalue weighted by Crippen LogP contribution is 2.39. The Bertz CT molecular complexity index is 1100. The smallest absolute Gasteiger partial charge is 0.270 e. The van der Waals surface area contributed by atoms with Crippen molar-refractivity contribution in [3.63, 3.8) is 0 Å². The van der Waals surface area contributed by atoms with Gasteiger partial charge >= 0.3 is 0 Å². The molecule has 2 heterocycles. The highest BCUT2D eigenvalue weighted by atomic mass is 32.2. The molecule has 1 aromatic heterocycles. The van der Waals surface area contributed by atoms with Gasteiger partial charge in [0.05, 0.1) is 12.2 Å². The summed E-state index contributed by atoms with van der Waals surface area (Å²) in [5.41, 5.74) is 1.99. The first-order valence-corrected chi connectivity index (χ1v) is 10.6. The Morgan fingerprint density at radius 1 is 0.963 bits per heavy atom. The number of nitrogens with one attached hydrogen (secondary N) is 1. The minimum atomic E-state index is -3.98. The van der Waals surface area contributed by atoms with Crippen LogP contribution in [-0.2, 0) is 16.6 Å². The van der Waals surface area contributed by atoms with E-state index in [-0.39, 0.29) is 11.4 Å². The molecule has 0 radical (unpaired) electrons. The van der Waals surface area contributed by atoms with Gasteiger partial charge in [0.2, 0.25) is 5.78 Å². The third-order valence-corrected chi connectivity index (χ3v) is 6.89. The Hall–Kier alpha value is -2.90. The van der Waals surface area contributed by atoms with Crippen LogP contribution in [0.25, 0.3) is 0 Å². The van der Waals surface area contributed by atoms with Crippen molar-refractivity contribution in [2.24, 2.45) is 0 Å². The maximum Gasteiger partial charge on any atom is 0.270 e. The fraction of sp³-hybridized carbons (Fsp3) is 0.0500. The van der Waals surface area contributed by atoms with Crippen molar-refractivity contribution in [2.45, 2.75) is 6.54 Å². The van der Waals surface area contributed by atoms with Gasteiger partial charge in [-0.3, -0.25) is 9.10 Å². The molecule has 136 valence electrons. The van der Waals surface area contributed by atoms with Crippen LogP contribution in [0.3, 0.4) is 0 Å². The third-order valence-electron chi connectivity index (χ3n) is 4.22. The molecule has 3 aromatic rings. The Kier molecular flexibility index (Phi) is 4.55. The van der Waals surface area contributed by atoms with Crippen LogP contribution in [0.2, 0.25) is 0 Å². The van der Waals surface area contributed by atoms with E-state index < -0.39 is 15.8 Å². The molecule has 27 heavy (non-hydrogen) atoms. The van der Waals surface area contributed by atoms with E-state index in [1.54, 1.807) is 23.6 Å². The van der Waals surface area contributed by atoms with Gasteiger partial charge in [0.25, 0.3) is 10.0 Å². The number of carbonyl (C=O) groups is 1. The van der Waals surface area contributed by atoms with Crippen LogP contribution in [-0.4, -0.2) is 14.2 Å². The number of para-hydroxylation sites is 1. The molecule has 4 rings (SSSR count). The largest absolute Gasteiger partial charge is 0.360 e. The van der Waals surface area contributed by atoms with Crippen molar-refractivity contribution in [3.05, 3.63) is 93.7 Å². The lowest BCUT2D eigenvalue weighted by Crippen LogP contribution is -2.38. The van der Waals surface area contributed by atoms with Crippen LogP contribution in [0.4, 0.5) is 11.4 Å². The Morgan fingerprint density at radius 3 is 2.33 bits per heavy atom. The number of nitrogens with zero attached hydrogens (tertiary/aromatic N) is 1. The maximum absolute atomic E-state index is 13.2. The predicted octanol–water partition coefficient (Wildman–Crippen LogP) is 4.23. The van der Waals surface area contributed by atoms with Crippen LogP contribution in [0.5, 0.6) is 0 Å². The number of carbonyl (C=O) groups excluding carboxylic acids is 1. The topological polar surface area (TPSA) is 66.5 Å². The summed E-state index contributed by atoms with van der Waals surface area (Å²) < 4.78 is 27.7. The van der Waals surface area contributed by atoms with E-state index >= 15 is 0 Å². The Balaban J connectivity index is 1.76. The second kappa shape index (κ2) is 7.02. The summed E-state index contributed by atoms with van der Waals surface area (Å²) in [4.78, 5) is 13.0. The minimum absolute atomic E-state index is 0.170. The molecule has 0 bridgehead atoms. The monoisotopic (exact) mass is 396 g/mol. The first-order chi connectivity index (χ1) is 13.1. The third kappa shape index (κ3) is 3.27. The predicted molar refractivity (Wildman–Crippen MR) is 108 cm³/mol. The van der Waals surface area contributed by atoms with Gasteiger partial charge in [-0.15, -0.1) is 11.3 Å². The average Bonchev–Trinajstić information content (AvgIpc) is 3.16. The zero-order valence-electron chi connectivity index (χ0n) is 14.2. The molecular formula is C20H16N2O3S2. The van der Waals surface area contributed by atoms with Crippen molar-refractivity contribution in [1.29, 1.82) is 0 Å². The second-order valence-corrected chi connectivity index (χ2v) is 8.73. The number of sulfonamides is 1. The standard InChI is InChI=1S/C20H16N2O3S2/c23-19-18(13-21-16-9-5-2-6-10-16)27(24,25)22(17-11-12-26-20(17)19)14-15-7-3-1-4-8-15/h1-13,21H,14H2/b18-13+. The summed E-state index contributed by atoms with van der Waals surface area (Å²) in [6.07, 6.45) is 1.29. The van der Waals surface area contributed by atoms with Gasteiger partial charge < -0.3 is 5.32 Å². The van der Waals surface area contributed by atoms with E-state index in [0.29, 0.717) is 16.3 Å². The van der Waals surface area contributed by atoms with Gasteiger partial charge in [-0.1, -0.05) is 48.5 Å². The lowest BCUT2D eigenvalue weighted by atomic mass is 10.2. The first kappa shape index (κ1) is 17.5. The summed E-state index contributed by atoms with van der Waals surface area (Å²) in [6.45, 7) is 0.170. The summed E-state index contributed by atoms with van der Waals surface area (Å²) in [7, 11) is -3.98. The number of ketones is 1. The number of hydrogen-bond acceptors (Lipinski definition) is 5. The van der Waals surface area contributed by atoms with Gasteiger partial charge in [-0.05, 0) is 29.1 Å². The van der Waals surface area contributed by atoms with Crippen LogP contribution in [0.1, 0.15) is 15.2 Å². The summed E-state index contributed by atoms with van der Waals surface area (Å²) >= 11 is 1.25. The molecule has 1 aliphatic heterocycles. The SMILES string of the molecule is O=C1/C(=C\Nc2ccccc2)S(=O)(=O)N(Cc2ccccc2)c2ccsc21. The zero-order valence-corrected chi connectivity index (χ0v) is 15.8. The van der Waals surface area contributed by atoms with Crippen LogP contribution >= 0.6 is 11.3 Å². The van der Waals surface area contributed by atoms with Crippen molar-refractivity contribution in [2.75, 3.05) is 9.62 Å². The summed E-state index contributed by atoms with van der Waals surface area (Å²) in [6, 6.07) is 20.1. The molecule has 5 nitrogen and oxygen atoms in total. The molecule has 0 unspecified atom stereocenters. The lowest BCUT2D eigenvalue weighted by Gasteiger charge is -2.29. The number of thiophene rings is 1. The van der Waals surface area contributed by atoms with E-state index in [9.17, 15) is 13.2 Å². The van der Waals surface area contributed by atoms with E-state index in [2.05, 4.69) is 5.32 Å². The fourth-order valence-corrected chi connectivity index (χ4v) is 5.37. The molecule has 0 amide bonds. The first-order valence-electron chi connectivity index (χ1n) is 8.28.